The molecule has 0 aliphatic carbocycles. The SMILES string of the molecule is COc1cc(Cl)ccc1C(=O)N1C[C@@H]2NCCO[C@H]2C1.Cl. The fourth-order valence-corrected chi connectivity index (χ4v) is 2.93. The van der Waals surface area contributed by atoms with E-state index >= 15 is 0 Å². The maximum atomic E-state index is 12.6. The lowest BCUT2D eigenvalue weighted by molar-refractivity contribution is 0.0176. The molecule has 3 rings (SSSR count). The number of carbonyl (C=O) groups excluding carboxylic acids is 1. The summed E-state index contributed by atoms with van der Waals surface area (Å²) in [6.07, 6.45) is 0.0889. The van der Waals surface area contributed by atoms with Crippen LogP contribution in [0.5, 0.6) is 5.75 Å². The number of hydrogen-bond acceptors (Lipinski definition) is 4. The lowest BCUT2D eigenvalue weighted by atomic mass is 10.1. The number of rotatable bonds is 2. The van der Waals surface area contributed by atoms with Crippen LogP contribution in [0.2, 0.25) is 5.02 Å². The molecule has 1 N–H and O–H groups in total. The second-order valence-corrected chi connectivity index (χ2v) is 5.46. The van der Waals surface area contributed by atoms with Gasteiger partial charge in [0.2, 0.25) is 0 Å². The van der Waals surface area contributed by atoms with Gasteiger partial charge in [0.05, 0.1) is 31.4 Å². The van der Waals surface area contributed by atoms with Gasteiger partial charge in [-0.2, -0.15) is 0 Å². The predicted molar refractivity (Wildman–Crippen MR) is 82.7 cm³/mol. The Morgan fingerprint density at radius 1 is 1.48 bits per heavy atom. The molecule has 1 amide bonds. The first-order valence-electron chi connectivity index (χ1n) is 6.67. The lowest BCUT2D eigenvalue weighted by Crippen LogP contribution is -2.47. The summed E-state index contributed by atoms with van der Waals surface area (Å²) in [7, 11) is 1.54. The van der Waals surface area contributed by atoms with Gasteiger partial charge in [0, 0.05) is 24.7 Å². The number of nitrogens with one attached hydrogen (secondary N) is 1. The average molecular weight is 333 g/mol. The highest BCUT2D eigenvalue weighted by molar-refractivity contribution is 6.30. The third kappa shape index (κ3) is 3.26. The molecule has 5 nitrogen and oxygen atoms in total. The highest BCUT2D eigenvalue weighted by atomic mass is 35.5. The van der Waals surface area contributed by atoms with Gasteiger partial charge < -0.3 is 19.7 Å². The summed E-state index contributed by atoms with van der Waals surface area (Å²) in [6, 6.07) is 5.30. The maximum absolute atomic E-state index is 12.6. The Balaban J connectivity index is 0.00000161. The minimum Gasteiger partial charge on any atom is -0.496 e. The number of amides is 1. The van der Waals surface area contributed by atoms with Crippen LogP contribution in [-0.4, -0.2) is 56.3 Å². The molecule has 1 aromatic carbocycles. The summed E-state index contributed by atoms with van der Waals surface area (Å²) in [5, 5.41) is 3.94. The number of hydrogen-bond donors (Lipinski definition) is 1. The summed E-state index contributed by atoms with van der Waals surface area (Å²) < 4.78 is 10.9. The number of benzene rings is 1. The van der Waals surface area contributed by atoms with Crippen molar-refractivity contribution in [2.75, 3.05) is 33.4 Å². The van der Waals surface area contributed by atoms with E-state index in [-0.39, 0.29) is 30.5 Å². The zero-order chi connectivity index (χ0) is 14.1. The number of fused-ring (bicyclic) bond motifs is 1. The van der Waals surface area contributed by atoms with Crippen LogP contribution in [0.25, 0.3) is 0 Å². The Bertz CT molecular complexity index is 513. The fourth-order valence-electron chi connectivity index (χ4n) is 2.77. The average Bonchev–Trinajstić information content (AvgIpc) is 2.90. The Morgan fingerprint density at radius 2 is 2.29 bits per heavy atom. The molecule has 1 aromatic rings. The van der Waals surface area contributed by atoms with Crippen molar-refractivity contribution in [1.82, 2.24) is 10.2 Å². The molecule has 0 unspecified atom stereocenters. The Labute approximate surface area is 134 Å². The first kappa shape index (κ1) is 16.4. The van der Waals surface area contributed by atoms with Crippen molar-refractivity contribution < 1.29 is 14.3 Å². The summed E-state index contributed by atoms with van der Waals surface area (Å²) in [5.41, 5.74) is 0.538. The third-order valence-corrected chi connectivity index (χ3v) is 4.02. The summed E-state index contributed by atoms with van der Waals surface area (Å²) in [4.78, 5) is 14.4. The van der Waals surface area contributed by atoms with E-state index in [1.54, 1.807) is 23.1 Å². The number of nitrogens with zero attached hydrogens (tertiary/aromatic N) is 1. The first-order chi connectivity index (χ1) is 9.69. The van der Waals surface area contributed by atoms with E-state index in [0.717, 1.165) is 6.54 Å². The van der Waals surface area contributed by atoms with Gasteiger partial charge in [0.25, 0.3) is 5.91 Å². The van der Waals surface area contributed by atoms with Gasteiger partial charge in [-0.3, -0.25) is 4.79 Å². The molecule has 2 saturated heterocycles. The number of morpholine rings is 1. The quantitative estimate of drug-likeness (QED) is 0.893. The second kappa shape index (κ2) is 6.83. The van der Waals surface area contributed by atoms with Crippen molar-refractivity contribution in [1.29, 1.82) is 0 Å². The summed E-state index contributed by atoms with van der Waals surface area (Å²) in [6.45, 7) is 2.82. The molecule has 21 heavy (non-hydrogen) atoms. The smallest absolute Gasteiger partial charge is 0.257 e. The normalized spacial score (nSPS) is 24.2. The molecular weight excluding hydrogens is 315 g/mol. The molecule has 0 radical (unpaired) electrons. The number of halogens is 2. The van der Waals surface area contributed by atoms with E-state index in [1.165, 1.54) is 7.11 Å². The van der Waals surface area contributed by atoms with Crippen molar-refractivity contribution in [3.8, 4) is 5.75 Å². The zero-order valence-electron chi connectivity index (χ0n) is 11.7. The van der Waals surface area contributed by atoms with E-state index in [4.69, 9.17) is 21.1 Å². The van der Waals surface area contributed by atoms with Crippen molar-refractivity contribution in [2.24, 2.45) is 0 Å². The Kier molecular flexibility index (Phi) is 5.32. The lowest BCUT2D eigenvalue weighted by Gasteiger charge is -2.25. The summed E-state index contributed by atoms with van der Waals surface area (Å²) >= 11 is 5.92. The molecule has 2 atom stereocenters. The van der Waals surface area contributed by atoms with Crippen molar-refractivity contribution >= 4 is 29.9 Å². The van der Waals surface area contributed by atoms with Gasteiger partial charge in [-0.25, -0.2) is 0 Å². The van der Waals surface area contributed by atoms with Crippen molar-refractivity contribution in [3.63, 3.8) is 0 Å². The second-order valence-electron chi connectivity index (χ2n) is 5.02. The van der Waals surface area contributed by atoms with Crippen LogP contribution in [0.4, 0.5) is 0 Å². The van der Waals surface area contributed by atoms with Gasteiger partial charge in [-0.15, -0.1) is 12.4 Å². The molecule has 2 heterocycles. The van der Waals surface area contributed by atoms with Gasteiger partial charge in [0.1, 0.15) is 5.75 Å². The summed E-state index contributed by atoms with van der Waals surface area (Å²) in [5.74, 6) is 0.463. The standard InChI is InChI=1S/C14H17ClN2O3.ClH/c1-19-12-6-9(15)2-3-10(12)14(18)17-7-11-13(8-17)20-5-4-16-11;/h2-3,6,11,13,16H,4-5,7-8H2,1H3;1H/t11-,13-;/m0./s1. The molecule has 0 bridgehead atoms. The molecule has 0 spiro atoms. The minimum absolute atomic E-state index is 0. The third-order valence-electron chi connectivity index (χ3n) is 3.79. The number of carbonyl (C=O) groups is 1. The molecule has 0 aromatic heterocycles. The van der Waals surface area contributed by atoms with E-state index in [2.05, 4.69) is 5.32 Å². The first-order valence-corrected chi connectivity index (χ1v) is 7.04. The van der Waals surface area contributed by atoms with Crippen LogP contribution in [0.15, 0.2) is 18.2 Å². The van der Waals surface area contributed by atoms with Crippen LogP contribution in [0.1, 0.15) is 10.4 Å². The van der Waals surface area contributed by atoms with Crippen LogP contribution in [0.3, 0.4) is 0 Å². The largest absolute Gasteiger partial charge is 0.496 e. The monoisotopic (exact) mass is 332 g/mol. The number of likely N-dealkylation sites (tertiary alicyclic amines) is 1. The van der Waals surface area contributed by atoms with Gasteiger partial charge in [-0.05, 0) is 18.2 Å². The molecular formula is C14H18Cl2N2O3. The number of ether oxygens (including phenoxy) is 2. The highest BCUT2D eigenvalue weighted by Crippen LogP contribution is 2.26. The predicted octanol–water partition coefficient (Wildman–Crippen LogP) is 1.58. The van der Waals surface area contributed by atoms with Gasteiger partial charge in [-0.1, -0.05) is 11.6 Å². The maximum Gasteiger partial charge on any atom is 0.257 e. The molecule has 7 heteroatoms. The van der Waals surface area contributed by atoms with E-state index < -0.39 is 0 Å². The molecule has 2 aliphatic heterocycles. The van der Waals surface area contributed by atoms with Crippen molar-refractivity contribution in [2.45, 2.75) is 12.1 Å². The highest BCUT2D eigenvalue weighted by Gasteiger charge is 2.38. The van der Waals surface area contributed by atoms with Crippen LogP contribution in [-0.2, 0) is 4.74 Å². The van der Waals surface area contributed by atoms with E-state index in [9.17, 15) is 4.79 Å². The van der Waals surface area contributed by atoms with E-state index in [0.29, 0.717) is 36.0 Å². The van der Waals surface area contributed by atoms with Crippen LogP contribution >= 0.6 is 24.0 Å². The minimum atomic E-state index is -0.0432. The Hall–Kier alpha value is -1.01. The molecule has 116 valence electrons. The molecule has 2 fully saturated rings. The number of methoxy groups -OCH3 is 1. The van der Waals surface area contributed by atoms with Gasteiger partial charge >= 0.3 is 0 Å². The topological polar surface area (TPSA) is 50.8 Å². The van der Waals surface area contributed by atoms with E-state index in [1.807, 2.05) is 0 Å². The van der Waals surface area contributed by atoms with Gasteiger partial charge in [0.15, 0.2) is 0 Å². The van der Waals surface area contributed by atoms with Crippen LogP contribution in [0, 0.1) is 0 Å². The Morgan fingerprint density at radius 3 is 3.00 bits per heavy atom. The van der Waals surface area contributed by atoms with Crippen LogP contribution < -0.4 is 10.1 Å². The zero-order valence-corrected chi connectivity index (χ0v) is 13.2. The molecule has 2 aliphatic rings. The fraction of sp³-hybridized carbons (Fsp3) is 0.500. The van der Waals surface area contributed by atoms with Crippen molar-refractivity contribution in [3.05, 3.63) is 28.8 Å². The molecule has 0 saturated carbocycles.